The smallest absolute Gasteiger partial charge is 0.321 e. The van der Waals surface area contributed by atoms with E-state index < -0.39 is 31.8 Å². The van der Waals surface area contributed by atoms with E-state index in [0.29, 0.717) is 0 Å². The molecule has 1 atom stereocenters. The molecule has 0 aliphatic heterocycles. The number of carbonyl (C=O) groups is 1. The third-order valence-electron chi connectivity index (χ3n) is 1.96. The lowest BCUT2D eigenvalue weighted by Crippen LogP contribution is -2.27. The van der Waals surface area contributed by atoms with Crippen LogP contribution in [0.25, 0.3) is 0 Å². The first-order valence-electron chi connectivity index (χ1n) is 4.08. The van der Waals surface area contributed by atoms with Crippen molar-refractivity contribution in [3.63, 3.8) is 0 Å². The molecule has 0 heterocycles. The van der Waals surface area contributed by atoms with Crippen molar-refractivity contribution in [3.8, 4) is 0 Å². The van der Waals surface area contributed by atoms with Crippen LogP contribution in [0.2, 0.25) is 0 Å². The maximum atomic E-state index is 13.1. The van der Waals surface area contributed by atoms with Crippen molar-refractivity contribution in [2.45, 2.75) is 17.1 Å². The summed E-state index contributed by atoms with van der Waals surface area (Å²) in [5, 5.41) is 6.91. The van der Waals surface area contributed by atoms with Gasteiger partial charge in [-0.15, -0.1) is 0 Å². The van der Waals surface area contributed by atoms with Gasteiger partial charge in [-0.05, 0) is 19.1 Å². The summed E-state index contributed by atoms with van der Waals surface area (Å²) in [5.41, 5.74) is 0. The van der Waals surface area contributed by atoms with Crippen LogP contribution in [0.15, 0.2) is 29.2 Å². The zero-order valence-corrected chi connectivity index (χ0v) is 8.66. The zero-order valence-electron chi connectivity index (χ0n) is 7.84. The van der Waals surface area contributed by atoms with E-state index in [1.54, 1.807) is 0 Å². The molecule has 15 heavy (non-hydrogen) atoms. The van der Waals surface area contributed by atoms with Gasteiger partial charge in [-0.3, -0.25) is 4.79 Å². The molecule has 0 amide bonds. The molecule has 0 bridgehead atoms. The highest BCUT2D eigenvalue weighted by atomic mass is 32.2. The lowest BCUT2D eigenvalue weighted by Gasteiger charge is -2.08. The fourth-order valence-corrected chi connectivity index (χ4v) is 2.25. The van der Waals surface area contributed by atoms with Crippen molar-refractivity contribution >= 4 is 15.8 Å². The fraction of sp³-hybridized carbons (Fsp3) is 0.222. The monoisotopic (exact) mass is 232 g/mol. The molecule has 0 aliphatic rings. The van der Waals surface area contributed by atoms with Crippen LogP contribution in [0.3, 0.4) is 0 Å². The first kappa shape index (κ1) is 11.6. The highest BCUT2D eigenvalue weighted by Gasteiger charge is 2.31. The van der Waals surface area contributed by atoms with Gasteiger partial charge in [-0.25, -0.2) is 12.8 Å². The van der Waals surface area contributed by atoms with Gasteiger partial charge in [0, 0.05) is 0 Å². The Morgan fingerprint density at radius 3 is 2.40 bits per heavy atom. The number of hydrogen-bond acceptors (Lipinski definition) is 3. The predicted octanol–water partition coefficient (Wildman–Crippen LogP) is 1.07. The Labute approximate surface area is 86.3 Å². The van der Waals surface area contributed by atoms with E-state index in [9.17, 15) is 17.6 Å². The number of aliphatic carboxylic acids is 1. The SMILES string of the molecule is CC(C(=O)O)S(=O)(=O)c1ccccc1F. The van der Waals surface area contributed by atoms with Crippen LogP contribution in [-0.2, 0) is 14.6 Å². The van der Waals surface area contributed by atoms with Gasteiger partial charge in [-0.1, -0.05) is 12.1 Å². The minimum atomic E-state index is -4.14. The first-order valence-corrected chi connectivity index (χ1v) is 5.63. The average molecular weight is 232 g/mol. The molecule has 0 spiro atoms. The summed E-state index contributed by atoms with van der Waals surface area (Å²) >= 11 is 0. The third kappa shape index (κ3) is 2.15. The summed E-state index contributed by atoms with van der Waals surface area (Å²) in [6.45, 7) is 1.00. The maximum Gasteiger partial charge on any atom is 0.321 e. The molecular weight excluding hydrogens is 223 g/mol. The molecule has 0 aliphatic carbocycles. The quantitative estimate of drug-likeness (QED) is 0.846. The predicted molar refractivity (Wildman–Crippen MR) is 50.7 cm³/mol. The summed E-state index contributed by atoms with van der Waals surface area (Å²) in [7, 11) is -4.14. The van der Waals surface area contributed by atoms with Gasteiger partial charge in [0.1, 0.15) is 10.7 Å². The van der Waals surface area contributed by atoms with Crippen LogP contribution in [0.1, 0.15) is 6.92 Å². The van der Waals surface area contributed by atoms with E-state index in [-0.39, 0.29) is 0 Å². The van der Waals surface area contributed by atoms with Gasteiger partial charge in [0.15, 0.2) is 15.1 Å². The second kappa shape index (κ2) is 3.98. The topological polar surface area (TPSA) is 71.4 Å². The van der Waals surface area contributed by atoms with E-state index >= 15 is 0 Å². The normalized spacial score (nSPS) is 13.5. The molecule has 0 aromatic heterocycles. The zero-order chi connectivity index (χ0) is 11.6. The van der Waals surface area contributed by atoms with Gasteiger partial charge >= 0.3 is 5.97 Å². The Hall–Kier alpha value is -1.43. The molecule has 0 saturated heterocycles. The number of halogens is 1. The molecule has 1 aromatic rings. The Morgan fingerprint density at radius 1 is 1.40 bits per heavy atom. The number of hydrogen-bond donors (Lipinski definition) is 1. The molecule has 1 unspecified atom stereocenters. The molecule has 1 N–H and O–H groups in total. The van der Waals surface area contributed by atoms with E-state index in [0.717, 1.165) is 19.1 Å². The molecule has 82 valence electrons. The summed E-state index contributed by atoms with van der Waals surface area (Å²) < 4.78 is 36.3. The minimum absolute atomic E-state index is 0.583. The number of carboxylic acid groups (broad SMARTS) is 1. The molecule has 1 rings (SSSR count). The fourth-order valence-electron chi connectivity index (χ4n) is 0.999. The second-order valence-electron chi connectivity index (χ2n) is 2.96. The summed E-state index contributed by atoms with van der Waals surface area (Å²) in [6, 6.07) is 4.69. The largest absolute Gasteiger partial charge is 0.480 e. The number of carboxylic acids is 1. The van der Waals surface area contributed by atoms with Crippen molar-refractivity contribution in [1.29, 1.82) is 0 Å². The molecule has 6 heteroatoms. The molecule has 0 radical (unpaired) electrons. The van der Waals surface area contributed by atoms with Crippen LogP contribution in [-0.4, -0.2) is 24.7 Å². The van der Waals surface area contributed by atoms with Gasteiger partial charge in [-0.2, -0.15) is 0 Å². The lowest BCUT2D eigenvalue weighted by molar-refractivity contribution is -0.136. The summed E-state index contributed by atoms with van der Waals surface area (Å²) in [5.74, 6) is -2.44. The van der Waals surface area contributed by atoms with E-state index in [1.165, 1.54) is 12.1 Å². The molecular formula is C9H9FO4S. The Bertz CT molecular complexity index is 481. The van der Waals surface area contributed by atoms with Crippen LogP contribution in [0, 0.1) is 5.82 Å². The van der Waals surface area contributed by atoms with Crippen LogP contribution in [0.4, 0.5) is 4.39 Å². The summed E-state index contributed by atoms with van der Waals surface area (Å²) in [6.07, 6.45) is 0. The standard InChI is InChI=1S/C9H9FO4S/c1-6(9(11)12)15(13,14)8-5-3-2-4-7(8)10/h2-6H,1H3,(H,11,12). The Morgan fingerprint density at radius 2 is 1.93 bits per heavy atom. The summed E-state index contributed by atoms with van der Waals surface area (Å²) in [4.78, 5) is 9.95. The Kier molecular flexibility index (Phi) is 3.09. The van der Waals surface area contributed by atoms with Crippen molar-refractivity contribution in [2.75, 3.05) is 0 Å². The average Bonchev–Trinajstić information content (AvgIpc) is 2.16. The van der Waals surface area contributed by atoms with Crippen LogP contribution < -0.4 is 0 Å². The van der Waals surface area contributed by atoms with Crippen molar-refractivity contribution in [1.82, 2.24) is 0 Å². The van der Waals surface area contributed by atoms with Crippen molar-refractivity contribution < 1.29 is 22.7 Å². The number of sulfone groups is 1. The highest BCUT2D eigenvalue weighted by Crippen LogP contribution is 2.19. The molecule has 1 aromatic carbocycles. The first-order chi connectivity index (χ1) is 6.87. The number of rotatable bonds is 3. The number of benzene rings is 1. The van der Waals surface area contributed by atoms with Gasteiger partial charge in [0.25, 0.3) is 0 Å². The van der Waals surface area contributed by atoms with E-state index in [4.69, 9.17) is 5.11 Å². The van der Waals surface area contributed by atoms with Crippen LogP contribution >= 0.6 is 0 Å². The second-order valence-corrected chi connectivity index (χ2v) is 5.19. The van der Waals surface area contributed by atoms with Crippen LogP contribution in [0.5, 0.6) is 0 Å². The maximum absolute atomic E-state index is 13.1. The molecule has 0 saturated carbocycles. The highest BCUT2D eigenvalue weighted by molar-refractivity contribution is 7.92. The van der Waals surface area contributed by atoms with E-state index in [2.05, 4.69) is 0 Å². The van der Waals surface area contributed by atoms with Gasteiger partial charge in [0.2, 0.25) is 0 Å². The van der Waals surface area contributed by atoms with Gasteiger partial charge < -0.3 is 5.11 Å². The lowest BCUT2D eigenvalue weighted by atomic mass is 10.3. The van der Waals surface area contributed by atoms with Gasteiger partial charge in [0.05, 0.1) is 0 Å². The molecule has 0 fully saturated rings. The van der Waals surface area contributed by atoms with E-state index in [1.807, 2.05) is 0 Å². The molecule has 4 nitrogen and oxygen atoms in total. The Balaban J connectivity index is 3.30. The third-order valence-corrected chi connectivity index (χ3v) is 4.03. The van der Waals surface area contributed by atoms with Crippen molar-refractivity contribution in [3.05, 3.63) is 30.1 Å². The van der Waals surface area contributed by atoms with Crippen molar-refractivity contribution in [2.24, 2.45) is 0 Å². The minimum Gasteiger partial charge on any atom is -0.480 e.